The van der Waals surface area contributed by atoms with Gasteiger partial charge in [0.25, 0.3) is 5.91 Å². The van der Waals surface area contributed by atoms with Crippen LogP contribution in [0.3, 0.4) is 0 Å². The van der Waals surface area contributed by atoms with Crippen LogP contribution in [0.1, 0.15) is 6.92 Å². The summed E-state index contributed by atoms with van der Waals surface area (Å²) in [5, 5.41) is 2.97. The lowest BCUT2D eigenvalue weighted by molar-refractivity contribution is -0.914. The summed E-state index contributed by atoms with van der Waals surface area (Å²) in [4.78, 5) is 16.0. The van der Waals surface area contributed by atoms with Gasteiger partial charge in [-0.3, -0.25) is 4.79 Å². The number of hydrogen-bond donors (Lipinski definition) is 2. The first-order valence-electron chi connectivity index (χ1n) is 8.98. The molecule has 1 amide bonds. The molecule has 1 aliphatic rings. The molecule has 1 atom stereocenters. The predicted molar refractivity (Wildman–Crippen MR) is 105 cm³/mol. The second-order valence-electron chi connectivity index (χ2n) is 6.65. The van der Waals surface area contributed by atoms with Crippen molar-refractivity contribution < 1.29 is 18.8 Å². The molecule has 5 nitrogen and oxygen atoms in total. The molecule has 0 saturated carbocycles. The van der Waals surface area contributed by atoms with Gasteiger partial charge in [0.1, 0.15) is 11.6 Å². The van der Waals surface area contributed by atoms with Crippen molar-refractivity contribution in [3.8, 4) is 5.75 Å². The fourth-order valence-corrected chi connectivity index (χ4v) is 3.53. The fraction of sp³-hybridized carbons (Fsp3) is 0.350. The van der Waals surface area contributed by atoms with Gasteiger partial charge in [-0.15, -0.1) is 0 Å². The number of nitrogens with one attached hydrogen (secondary N) is 2. The van der Waals surface area contributed by atoms with Crippen LogP contribution >= 0.6 is 11.6 Å². The first kappa shape index (κ1) is 19.5. The van der Waals surface area contributed by atoms with E-state index in [-0.39, 0.29) is 17.6 Å². The molecule has 0 unspecified atom stereocenters. The van der Waals surface area contributed by atoms with Crippen molar-refractivity contribution in [1.29, 1.82) is 0 Å². The Bertz CT molecular complexity index is 810. The number of hydrogen-bond acceptors (Lipinski definition) is 3. The van der Waals surface area contributed by atoms with E-state index in [0.29, 0.717) is 5.02 Å². The Morgan fingerprint density at radius 1 is 1.26 bits per heavy atom. The van der Waals surface area contributed by atoms with E-state index in [4.69, 9.17) is 16.3 Å². The zero-order chi connectivity index (χ0) is 19.4. The van der Waals surface area contributed by atoms with Gasteiger partial charge in [0.2, 0.25) is 0 Å². The number of halogens is 2. The number of methoxy groups -OCH3 is 1. The molecule has 1 saturated heterocycles. The van der Waals surface area contributed by atoms with E-state index in [9.17, 15) is 9.18 Å². The average molecular weight is 393 g/mol. The summed E-state index contributed by atoms with van der Waals surface area (Å²) in [7, 11) is 1.67. The van der Waals surface area contributed by atoms with Crippen LogP contribution in [-0.4, -0.2) is 45.2 Å². The molecule has 0 radical (unpaired) electrons. The second-order valence-corrected chi connectivity index (χ2v) is 7.09. The van der Waals surface area contributed by atoms with E-state index in [1.54, 1.807) is 13.2 Å². The smallest absolute Gasteiger partial charge is 0.282 e. The maximum absolute atomic E-state index is 13.9. The van der Waals surface area contributed by atoms with Gasteiger partial charge in [0.05, 0.1) is 44.7 Å². The molecule has 2 aromatic rings. The molecule has 7 heteroatoms. The maximum atomic E-state index is 13.9. The number of para-hydroxylation sites is 2. The number of quaternary nitrogens is 1. The quantitative estimate of drug-likeness (QED) is 0.820. The molecule has 0 spiro atoms. The third-order valence-electron chi connectivity index (χ3n) is 5.03. The number of benzene rings is 2. The number of carbonyl (C=O) groups excluding carboxylic acids is 1. The van der Waals surface area contributed by atoms with E-state index >= 15 is 0 Å². The number of carbonyl (C=O) groups is 1. The lowest BCUT2D eigenvalue weighted by atomic mass is 10.2. The first-order valence-corrected chi connectivity index (χ1v) is 9.36. The topological polar surface area (TPSA) is 46.0 Å². The standard InChI is InChI=1S/C20H23ClFN3O2/c1-14(20(26)23-17-8-7-15(21)13-16(17)22)24-9-11-25(12-10-24)18-5-3-4-6-19(18)27-2/h3-8,13-14H,9-12H2,1-2H3,(H,23,26)/p+1/t14-/m1/s1. The number of ether oxygens (including phenoxy) is 1. The summed E-state index contributed by atoms with van der Waals surface area (Å²) < 4.78 is 19.3. The van der Waals surface area contributed by atoms with Crippen LogP contribution < -0.4 is 19.9 Å². The molecular formula is C20H24ClFN3O2+. The van der Waals surface area contributed by atoms with Gasteiger partial charge in [0.15, 0.2) is 6.04 Å². The minimum atomic E-state index is -0.529. The Morgan fingerprint density at radius 2 is 1.96 bits per heavy atom. The molecule has 144 valence electrons. The Balaban J connectivity index is 1.59. The van der Waals surface area contributed by atoms with Crippen molar-refractivity contribution >= 4 is 28.9 Å². The summed E-state index contributed by atoms with van der Waals surface area (Å²) in [5.41, 5.74) is 1.22. The van der Waals surface area contributed by atoms with Gasteiger partial charge in [-0.1, -0.05) is 23.7 Å². The van der Waals surface area contributed by atoms with Crippen molar-refractivity contribution in [1.82, 2.24) is 0 Å². The lowest BCUT2D eigenvalue weighted by Crippen LogP contribution is -3.19. The molecule has 1 fully saturated rings. The van der Waals surface area contributed by atoms with Gasteiger partial charge in [-0.2, -0.15) is 0 Å². The van der Waals surface area contributed by atoms with Crippen LogP contribution in [0.4, 0.5) is 15.8 Å². The van der Waals surface area contributed by atoms with E-state index < -0.39 is 5.82 Å². The Morgan fingerprint density at radius 3 is 2.63 bits per heavy atom. The van der Waals surface area contributed by atoms with Crippen LogP contribution in [0.5, 0.6) is 5.75 Å². The van der Waals surface area contributed by atoms with E-state index in [1.165, 1.54) is 17.0 Å². The lowest BCUT2D eigenvalue weighted by Gasteiger charge is -2.36. The Kier molecular flexibility index (Phi) is 6.19. The highest BCUT2D eigenvalue weighted by molar-refractivity contribution is 6.30. The van der Waals surface area contributed by atoms with Crippen LogP contribution in [0.15, 0.2) is 42.5 Å². The normalized spacial score (nSPS) is 16.1. The minimum absolute atomic E-state index is 0.156. The average Bonchev–Trinajstić information content (AvgIpc) is 2.69. The zero-order valence-corrected chi connectivity index (χ0v) is 16.2. The summed E-state index contributed by atoms with van der Waals surface area (Å²) in [6.45, 7) is 5.15. The van der Waals surface area contributed by atoms with Crippen molar-refractivity contribution in [2.75, 3.05) is 43.5 Å². The second kappa shape index (κ2) is 8.59. The minimum Gasteiger partial charge on any atom is -0.495 e. The molecule has 2 aromatic carbocycles. The molecule has 1 heterocycles. The summed E-state index contributed by atoms with van der Waals surface area (Å²) >= 11 is 5.75. The SMILES string of the molecule is COc1ccccc1N1CC[NH+]([C@H](C)C(=O)Nc2ccc(Cl)cc2F)CC1. The molecular weight excluding hydrogens is 369 g/mol. The number of piperazine rings is 1. The van der Waals surface area contributed by atoms with Crippen molar-refractivity contribution in [3.63, 3.8) is 0 Å². The summed E-state index contributed by atoms with van der Waals surface area (Å²) in [5.74, 6) is 0.126. The van der Waals surface area contributed by atoms with Crippen molar-refractivity contribution in [2.24, 2.45) is 0 Å². The third-order valence-corrected chi connectivity index (χ3v) is 5.26. The van der Waals surface area contributed by atoms with E-state index in [0.717, 1.165) is 37.6 Å². The predicted octanol–water partition coefficient (Wildman–Crippen LogP) is 2.22. The van der Waals surface area contributed by atoms with Crippen LogP contribution in [0, 0.1) is 5.82 Å². The summed E-state index contributed by atoms with van der Waals surface area (Å²) in [6.07, 6.45) is 0. The highest BCUT2D eigenvalue weighted by Crippen LogP contribution is 2.27. The number of nitrogens with zero attached hydrogens (tertiary/aromatic N) is 1. The van der Waals surface area contributed by atoms with Gasteiger partial charge in [-0.25, -0.2) is 4.39 Å². The molecule has 0 bridgehead atoms. The largest absolute Gasteiger partial charge is 0.495 e. The number of anilines is 2. The van der Waals surface area contributed by atoms with Gasteiger partial charge in [-0.05, 0) is 37.3 Å². The molecule has 0 aromatic heterocycles. The molecule has 3 rings (SSSR count). The van der Waals surface area contributed by atoms with Crippen LogP contribution in [0.2, 0.25) is 5.02 Å². The molecule has 27 heavy (non-hydrogen) atoms. The van der Waals surface area contributed by atoms with Crippen molar-refractivity contribution in [3.05, 3.63) is 53.3 Å². The highest BCUT2D eigenvalue weighted by atomic mass is 35.5. The fourth-order valence-electron chi connectivity index (χ4n) is 3.38. The van der Waals surface area contributed by atoms with Crippen molar-refractivity contribution in [2.45, 2.75) is 13.0 Å². The first-order chi connectivity index (χ1) is 13.0. The van der Waals surface area contributed by atoms with E-state index in [2.05, 4.69) is 10.2 Å². The molecule has 0 aliphatic carbocycles. The summed E-state index contributed by atoms with van der Waals surface area (Å²) in [6, 6.07) is 11.9. The monoisotopic (exact) mass is 392 g/mol. The number of amides is 1. The molecule has 2 N–H and O–H groups in total. The zero-order valence-electron chi connectivity index (χ0n) is 15.5. The Hall–Kier alpha value is -2.31. The van der Waals surface area contributed by atoms with E-state index in [1.807, 2.05) is 31.2 Å². The van der Waals surface area contributed by atoms with Gasteiger partial charge >= 0.3 is 0 Å². The maximum Gasteiger partial charge on any atom is 0.282 e. The molecule has 1 aliphatic heterocycles. The third kappa shape index (κ3) is 4.51. The van der Waals surface area contributed by atoms with Gasteiger partial charge in [0, 0.05) is 5.02 Å². The van der Waals surface area contributed by atoms with Crippen LogP contribution in [0.25, 0.3) is 0 Å². The van der Waals surface area contributed by atoms with Crippen LogP contribution in [-0.2, 0) is 4.79 Å². The number of rotatable bonds is 5. The Labute approximate surface area is 163 Å². The highest BCUT2D eigenvalue weighted by Gasteiger charge is 2.30. The van der Waals surface area contributed by atoms with Gasteiger partial charge < -0.3 is 19.9 Å².